The first-order valence-corrected chi connectivity index (χ1v) is 9.21. The lowest BCUT2D eigenvalue weighted by atomic mass is 10.1. The molecule has 0 aliphatic carbocycles. The molecule has 1 aliphatic rings. The summed E-state index contributed by atoms with van der Waals surface area (Å²) in [6, 6.07) is 23.4. The Bertz CT molecular complexity index is 1320. The molecule has 0 amide bonds. The van der Waals surface area contributed by atoms with Gasteiger partial charge >= 0.3 is 0 Å². The van der Waals surface area contributed by atoms with Gasteiger partial charge in [-0.2, -0.15) is 0 Å². The normalized spacial score (nSPS) is 12.6. The van der Waals surface area contributed by atoms with Crippen LogP contribution in [0.15, 0.2) is 82.6 Å². The third kappa shape index (κ3) is 2.46. The van der Waals surface area contributed by atoms with Crippen LogP contribution in [0.25, 0.3) is 16.6 Å². The number of hydrogen-bond donors (Lipinski definition) is 0. The first-order chi connectivity index (χ1) is 13.6. The van der Waals surface area contributed by atoms with Crippen LogP contribution in [0.5, 0.6) is 11.5 Å². The van der Waals surface area contributed by atoms with Gasteiger partial charge in [0.05, 0.1) is 11.2 Å². The summed E-state index contributed by atoms with van der Waals surface area (Å²) in [5.41, 5.74) is 4.47. The molecule has 0 spiro atoms. The molecule has 4 nitrogen and oxygen atoms in total. The quantitative estimate of drug-likeness (QED) is 0.443. The van der Waals surface area contributed by atoms with Crippen LogP contribution in [0.1, 0.15) is 18.1 Å². The summed E-state index contributed by atoms with van der Waals surface area (Å²) in [5.74, 6) is 1.22. The Balaban J connectivity index is 1.92. The van der Waals surface area contributed by atoms with Crippen molar-refractivity contribution in [3.63, 3.8) is 0 Å². The molecule has 28 heavy (non-hydrogen) atoms. The molecule has 4 aromatic rings. The third-order valence-corrected chi connectivity index (χ3v) is 5.02. The van der Waals surface area contributed by atoms with Crippen LogP contribution >= 0.6 is 0 Å². The topological polar surface area (TPSA) is 43.6 Å². The van der Waals surface area contributed by atoms with Gasteiger partial charge in [-0.15, -0.1) is 0 Å². The maximum atomic E-state index is 13.6. The van der Waals surface area contributed by atoms with Crippen LogP contribution in [0.3, 0.4) is 0 Å². The minimum atomic E-state index is -0.134. The van der Waals surface area contributed by atoms with Crippen molar-refractivity contribution in [2.75, 3.05) is 0 Å². The number of benzene rings is 3. The van der Waals surface area contributed by atoms with E-state index in [1.54, 1.807) is 4.57 Å². The Morgan fingerprint density at radius 3 is 2.46 bits per heavy atom. The van der Waals surface area contributed by atoms with E-state index >= 15 is 0 Å². The molecule has 0 fully saturated rings. The van der Waals surface area contributed by atoms with Crippen molar-refractivity contribution in [3.8, 4) is 17.2 Å². The fourth-order valence-corrected chi connectivity index (χ4v) is 3.72. The Morgan fingerprint density at radius 2 is 1.64 bits per heavy atom. The average molecular weight is 366 g/mol. The Hall–Kier alpha value is -3.66. The van der Waals surface area contributed by atoms with Gasteiger partial charge in [0, 0.05) is 11.1 Å². The van der Waals surface area contributed by atoms with Gasteiger partial charge in [0.25, 0.3) is 5.56 Å². The summed E-state index contributed by atoms with van der Waals surface area (Å²) in [5, 5.41) is 0.879. The molecular weight excluding hydrogens is 348 g/mol. The smallest absolute Gasteiger partial charge is 0.268 e. The van der Waals surface area contributed by atoms with Crippen LogP contribution in [-0.4, -0.2) is 10.3 Å². The monoisotopic (exact) mass is 366 g/mol. The molecule has 136 valence electrons. The fourth-order valence-electron chi connectivity index (χ4n) is 3.72. The van der Waals surface area contributed by atoms with Crippen molar-refractivity contribution in [1.82, 2.24) is 4.57 Å². The van der Waals surface area contributed by atoms with Gasteiger partial charge in [-0.05, 0) is 55.8 Å². The van der Waals surface area contributed by atoms with Gasteiger partial charge in [-0.3, -0.25) is 9.36 Å². The molecule has 5 rings (SSSR count). The second-order valence-corrected chi connectivity index (χ2v) is 6.97. The molecule has 0 unspecified atom stereocenters. The summed E-state index contributed by atoms with van der Waals surface area (Å²) in [4.78, 5) is 18.3. The first kappa shape index (κ1) is 16.5. The van der Waals surface area contributed by atoms with E-state index in [2.05, 4.69) is 0 Å². The number of para-hydroxylation sites is 2. The lowest BCUT2D eigenvalue weighted by Crippen LogP contribution is -2.25. The number of aryl methyl sites for hydroxylation is 1. The Kier molecular flexibility index (Phi) is 3.66. The molecular formula is C24H18N2O2. The number of ether oxygens (including phenoxy) is 1. The van der Waals surface area contributed by atoms with E-state index in [9.17, 15) is 4.79 Å². The van der Waals surface area contributed by atoms with Gasteiger partial charge in [0.2, 0.25) is 0 Å². The minimum Gasteiger partial charge on any atom is -0.453 e. The van der Waals surface area contributed by atoms with Gasteiger partial charge in [-0.25, -0.2) is 4.99 Å². The van der Waals surface area contributed by atoms with Crippen molar-refractivity contribution >= 4 is 22.3 Å². The van der Waals surface area contributed by atoms with Crippen molar-refractivity contribution in [2.45, 2.75) is 13.8 Å². The molecule has 0 atom stereocenters. The van der Waals surface area contributed by atoms with Gasteiger partial charge in [-0.1, -0.05) is 36.4 Å². The number of fused-ring (bicyclic) bond motifs is 4. The lowest BCUT2D eigenvalue weighted by molar-refractivity contribution is 0.489. The van der Waals surface area contributed by atoms with E-state index in [0.717, 1.165) is 27.8 Å². The number of aliphatic imine (C=N–C) groups is 1. The molecule has 4 heteroatoms. The Morgan fingerprint density at radius 1 is 0.893 bits per heavy atom. The summed E-state index contributed by atoms with van der Waals surface area (Å²) >= 11 is 0. The number of nitrogens with zero attached hydrogens (tertiary/aromatic N) is 2. The predicted octanol–water partition coefficient (Wildman–Crippen LogP) is 5.55. The first-order valence-electron chi connectivity index (χ1n) is 9.21. The second-order valence-electron chi connectivity index (χ2n) is 6.97. The number of aromatic nitrogens is 1. The van der Waals surface area contributed by atoms with Crippen LogP contribution in [0.2, 0.25) is 0 Å². The van der Waals surface area contributed by atoms with Crippen molar-refractivity contribution in [1.29, 1.82) is 0 Å². The maximum Gasteiger partial charge on any atom is 0.268 e. The predicted molar refractivity (Wildman–Crippen MR) is 113 cm³/mol. The highest BCUT2D eigenvalue weighted by atomic mass is 16.5. The zero-order chi connectivity index (χ0) is 19.3. The molecule has 0 saturated carbocycles. The van der Waals surface area contributed by atoms with Crippen LogP contribution < -0.4 is 10.3 Å². The fraction of sp³-hybridized carbons (Fsp3) is 0.0833. The highest BCUT2D eigenvalue weighted by molar-refractivity contribution is 6.08. The third-order valence-electron chi connectivity index (χ3n) is 5.02. The zero-order valence-electron chi connectivity index (χ0n) is 15.6. The standard InChI is InChI=1S/C24H18N2O2/c1-15-12-13-21-19(14-15)25-16(2)22-23(28-21)18-10-6-7-11-20(18)26(24(22)27)17-8-4-3-5-9-17/h3-14H,1-2H3. The van der Waals surface area contributed by atoms with E-state index in [1.165, 1.54) is 0 Å². The molecule has 1 aliphatic heterocycles. The van der Waals surface area contributed by atoms with E-state index in [1.807, 2.05) is 86.6 Å². The highest BCUT2D eigenvalue weighted by Crippen LogP contribution is 2.40. The summed E-state index contributed by atoms with van der Waals surface area (Å²) in [7, 11) is 0. The largest absolute Gasteiger partial charge is 0.453 e. The Labute approximate surface area is 162 Å². The second kappa shape index (κ2) is 6.20. The minimum absolute atomic E-state index is 0.134. The lowest BCUT2D eigenvalue weighted by Gasteiger charge is -2.17. The highest BCUT2D eigenvalue weighted by Gasteiger charge is 2.24. The summed E-state index contributed by atoms with van der Waals surface area (Å²) in [6.07, 6.45) is 0. The van der Waals surface area contributed by atoms with Crippen LogP contribution in [-0.2, 0) is 0 Å². The van der Waals surface area contributed by atoms with Crippen LogP contribution in [0.4, 0.5) is 5.69 Å². The molecule has 2 heterocycles. The average Bonchev–Trinajstić information content (AvgIpc) is 2.85. The van der Waals surface area contributed by atoms with Crippen LogP contribution in [0, 0.1) is 6.92 Å². The van der Waals surface area contributed by atoms with Crippen molar-refractivity contribution < 1.29 is 4.74 Å². The molecule has 1 aromatic heterocycles. The van der Waals surface area contributed by atoms with Gasteiger partial charge in [0.15, 0.2) is 11.5 Å². The molecule has 0 radical (unpaired) electrons. The zero-order valence-corrected chi connectivity index (χ0v) is 15.6. The molecule has 0 N–H and O–H groups in total. The molecule has 3 aromatic carbocycles. The number of hydrogen-bond acceptors (Lipinski definition) is 3. The van der Waals surface area contributed by atoms with E-state index in [-0.39, 0.29) is 5.56 Å². The molecule has 0 bridgehead atoms. The van der Waals surface area contributed by atoms with Crippen molar-refractivity contribution in [3.05, 3.63) is 94.3 Å². The number of rotatable bonds is 1. The molecule has 0 saturated heterocycles. The summed E-state index contributed by atoms with van der Waals surface area (Å²) < 4.78 is 8.02. The summed E-state index contributed by atoms with van der Waals surface area (Å²) in [6.45, 7) is 3.88. The maximum absolute atomic E-state index is 13.6. The van der Waals surface area contributed by atoms with E-state index < -0.39 is 0 Å². The SMILES string of the molecule is CC1=Nc2cc(C)ccc2Oc2c1c(=O)n(-c1ccccc1)c1ccccc21. The number of pyridine rings is 1. The van der Waals surface area contributed by atoms with E-state index in [0.29, 0.717) is 22.8 Å². The van der Waals surface area contributed by atoms with Gasteiger partial charge < -0.3 is 4.74 Å². The van der Waals surface area contributed by atoms with Crippen molar-refractivity contribution in [2.24, 2.45) is 4.99 Å². The van der Waals surface area contributed by atoms with E-state index in [4.69, 9.17) is 9.73 Å². The van der Waals surface area contributed by atoms with Gasteiger partial charge in [0.1, 0.15) is 11.3 Å².